The lowest BCUT2D eigenvalue weighted by Gasteiger charge is -2.13. The molecule has 18 heavy (non-hydrogen) atoms. The lowest BCUT2D eigenvalue weighted by atomic mass is 9.90. The molecule has 0 N–H and O–H groups in total. The van der Waals surface area contributed by atoms with Crippen LogP contribution in [0, 0.1) is 5.92 Å². The van der Waals surface area contributed by atoms with Crippen LogP contribution >= 0.6 is 0 Å². The summed E-state index contributed by atoms with van der Waals surface area (Å²) in [5, 5.41) is 0. The van der Waals surface area contributed by atoms with Gasteiger partial charge in [0.1, 0.15) is 5.69 Å². The molecule has 0 bridgehead atoms. The van der Waals surface area contributed by atoms with Crippen LogP contribution < -0.4 is 0 Å². The van der Waals surface area contributed by atoms with Crippen LogP contribution in [0.5, 0.6) is 0 Å². The molecule has 2 aliphatic rings. The molecule has 1 heterocycles. The summed E-state index contributed by atoms with van der Waals surface area (Å²) in [5.74, 6) is 0.0465. The van der Waals surface area contributed by atoms with E-state index in [4.69, 9.17) is 0 Å². The van der Waals surface area contributed by atoms with Crippen molar-refractivity contribution >= 4 is 16.8 Å². The van der Waals surface area contributed by atoms with Gasteiger partial charge in [-0.1, -0.05) is 36.4 Å². The molecule has 2 aromatic rings. The minimum absolute atomic E-state index is 0.0645. The van der Waals surface area contributed by atoms with Crippen LogP contribution in [-0.4, -0.2) is 15.8 Å². The number of nitrogens with zero attached hydrogens (tertiary/aromatic N) is 2. The van der Waals surface area contributed by atoms with E-state index in [2.05, 4.69) is 9.97 Å². The number of hydrogen-bond acceptors (Lipinski definition) is 3. The number of ketones is 1. The fourth-order valence-corrected chi connectivity index (χ4v) is 2.70. The lowest BCUT2D eigenvalue weighted by Crippen LogP contribution is -2.11. The predicted octanol–water partition coefficient (Wildman–Crippen LogP) is 2.65. The summed E-state index contributed by atoms with van der Waals surface area (Å²) in [4.78, 5) is 21.4. The number of hydrogen-bond donors (Lipinski definition) is 0. The van der Waals surface area contributed by atoms with Crippen LogP contribution in [0.15, 0.2) is 48.6 Å². The van der Waals surface area contributed by atoms with Crippen molar-refractivity contribution in [1.29, 1.82) is 0 Å². The normalized spacial score (nSPS) is 24.3. The molecule has 86 valence electrons. The smallest absolute Gasteiger partial charge is 0.190 e. The largest absolute Gasteiger partial charge is 0.292 e. The number of benzene rings is 1. The van der Waals surface area contributed by atoms with E-state index in [1.165, 1.54) is 0 Å². The van der Waals surface area contributed by atoms with E-state index < -0.39 is 0 Å². The Balaban J connectivity index is 2.02. The molecule has 4 rings (SSSR count). The summed E-state index contributed by atoms with van der Waals surface area (Å²) in [5.41, 5.74) is 3.01. The van der Waals surface area contributed by atoms with E-state index in [0.717, 1.165) is 16.7 Å². The number of Topliss-reactive ketones (excluding diaryl/α,β-unsaturated/α-hetero) is 1. The van der Waals surface area contributed by atoms with E-state index in [1.807, 2.05) is 48.6 Å². The molecule has 0 fully saturated rings. The number of fused-ring (bicyclic) bond motifs is 4. The van der Waals surface area contributed by atoms with Crippen molar-refractivity contribution in [2.24, 2.45) is 5.92 Å². The molecule has 2 atom stereocenters. The van der Waals surface area contributed by atoms with Crippen LogP contribution in [0.3, 0.4) is 0 Å². The first-order chi connectivity index (χ1) is 8.84. The van der Waals surface area contributed by atoms with Gasteiger partial charge in [0.2, 0.25) is 0 Å². The number of rotatable bonds is 0. The molecule has 0 radical (unpaired) electrons. The maximum absolute atomic E-state index is 12.3. The van der Waals surface area contributed by atoms with Gasteiger partial charge >= 0.3 is 0 Å². The fourth-order valence-electron chi connectivity index (χ4n) is 2.70. The number of aromatic nitrogens is 2. The van der Waals surface area contributed by atoms with E-state index in [9.17, 15) is 4.79 Å². The third-order valence-corrected chi connectivity index (χ3v) is 3.58. The first-order valence-corrected chi connectivity index (χ1v) is 6.00. The topological polar surface area (TPSA) is 42.9 Å². The Hall–Kier alpha value is -2.29. The molecular weight excluding hydrogens is 224 g/mol. The van der Waals surface area contributed by atoms with Crippen LogP contribution in [0.4, 0.5) is 0 Å². The van der Waals surface area contributed by atoms with Crippen molar-refractivity contribution in [3.63, 3.8) is 0 Å². The van der Waals surface area contributed by atoms with Gasteiger partial charge in [-0.25, -0.2) is 9.97 Å². The van der Waals surface area contributed by atoms with Crippen LogP contribution in [0.2, 0.25) is 0 Å². The lowest BCUT2D eigenvalue weighted by molar-refractivity contribution is 0.0951. The molecule has 3 nitrogen and oxygen atoms in total. The standard InChI is InChI=1S/C15H10N2O/c18-15-10-6-2-1-5-9(10)13-14(15)17-12-8-4-3-7-11(12)16-13/h1-10H. The Bertz CT molecular complexity index is 730. The van der Waals surface area contributed by atoms with Crippen molar-refractivity contribution in [1.82, 2.24) is 9.97 Å². The number of carbonyl (C=O) groups excluding carboxylic acids is 1. The molecule has 2 aliphatic carbocycles. The molecule has 0 saturated carbocycles. The molecular formula is C15H10N2O. The van der Waals surface area contributed by atoms with Gasteiger partial charge in [0.05, 0.1) is 22.6 Å². The highest BCUT2D eigenvalue weighted by Gasteiger charge is 2.40. The van der Waals surface area contributed by atoms with Crippen LogP contribution in [-0.2, 0) is 0 Å². The molecule has 0 spiro atoms. The summed E-state index contributed by atoms with van der Waals surface area (Å²) >= 11 is 0. The Morgan fingerprint density at radius 1 is 0.889 bits per heavy atom. The van der Waals surface area contributed by atoms with Crippen LogP contribution in [0.25, 0.3) is 11.0 Å². The Kier molecular flexibility index (Phi) is 1.81. The molecule has 2 unspecified atom stereocenters. The molecule has 0 saturated heterocycles. The van der Waals surface area contributed by atoms with Gasteiger partial charge < -0.3 is 0 Å². The maximum Gasteiger partial charge on any atom is 0.190 e. The fraction of sp³-hybridized carbons (Fsp3) is 0.133. The summed E-state index contributed by atoms with van der Waals surface area (Å²) in [6.07, 6.45) is 7.88. The van der Waals surface area contributed by atoms with E-state index in [1.54, 1.807) is 0 Å². The first-order valence-electron chi connectivity index (χ1n) is 6.00. The van der Waals surface area contributed by atoms with Gasteiger partial charge in [-0.15, -0.1) is 0 Å². The van der Waals surface area contributed by atoms with Gasteiger partial charge in [0, 0.05) is 5.92 Å². The van der Waals surface area contributed by atoms with Crippen molar-refractivity contribution < 1.29 is 4.79 Å². The minimum atomic E-state index is -0.109. The molecule has 1 aromatic heterocycles. The second-order valence-corrected chi connectivity index (χ2v) is 4.63. The Labute approximate surface area is 104 Å². The monoisotopic (exact) mass is 234 g/mol. The van der Waals surface area contributed by atoms with Gasteiger partial charge in [-0.2, -0.15) is 0 Å². The number of allylic oxidation sites excluding steroid dienone is 4. The highest BCUT2D eigenvalue weighted by atomic mass is 16.1. The average molecular weight is 234 g/mol. The van der Waals surface area contributed by atoms with Gasteiger partial charge in [0.15, 0.2) is 5.78 Å². The predicted molar refractivity (Wildman–Crippen MR) is 68.4 cm³/mol. The molecule has 0 aliphatic heterocycles. The average Bonchev–Trinajstić information content (AvgIpc) is 2.71. The minimum Gasteiger partial charge on any atom is -0.292 e. The molecule has 1 aromatic carbocycles. The highest BCUT2D eigenvalue weighted by molar-refractivity contribution is 6.04. The summed E-state index contributed by atoms with van der Waals surface area (Å²) in [7, 11) is 0. The SMILES string of the molecule is O=C1c2nc3ccccc3nc2C2C=CC=CC12. The summed E-state index contributed by atoms with van der Waals surface area (Å²) < 4.78 is 0. The zero-order valence-corrected chi connectivity index (χ0v) is 9.58. The maximum atomic E-state index is 12.3. The van der Waals surface area contributed by atoms with E-state index >= 15 is 0 Å². The van der Waals surface area contributed by atoms with E-state index in [0.29, 0.717) is 5.69 Å². The second kappa shape index (κ2) is 3.35. The summed E-state index contributed by atoms with van der Waals surface area (Å²) in [6.45, 7) is 0. The molecule has 3 heteroatoms. The van der Waals surface area contributed by atoms with Gasteiger partial charge in [-0.3, -0.25) is 4.79 Å². The quantitative estimate of drug-likeness (QED) is 0.703. The van der Waals surface area contributed by atoms with E-state index in [-0.39, 0.29) is 17.6 Å². The zero-order valence-electron chi connectivity index (χ0n) is 9.58. The van der Waals surface area contributed by atoms with Crippen molar-refractivity contribution in [2.45, 2.75) is 5.92 Å². The number of carbonyl (C=O) groups is 1. The molecule has 0 amide bonds. The van der Waals surface area contributed by atoms with Gasteiger partial charge in [-0.05, 0) is 12.1 Å². The number of para-hydroxylation sites is 2. The third kappa shape index (κ3) is 1.16. The Morgan fingerprint density at radius 2 is 1.56 bits per heavy atom. The van der Waals surface area contributed by atoms with Gasteiger partial charge in [0.25, 0.3) is 0 Å². The second-order valence-electron chi connectivity index (χ2n) is 4.63. The first kappa shape index (κ1) is 9.71. The van der Waals surface area contributed by atoms with Crippen LogP contribution in [0.1, 0.15) is 22.1 Å². The zero-order chi connectivity index (χ0) is 12.1. The van der Waals surface area contributed by atoms with Crippen molar-refractivity contribution in [3.05, 3.63) is 60.0 Å². The summed E-state index contributed by atoms with van der Waals surface area (Å²) in [6, 6.07) is 7.68. The Morgan fingerprint density at radius 3 is 2.33 bits per heavy atom. The highest BCUT2D eigenvalue weighted by Crippen LogP contribution is 2.39. The third-order valence-electron chi connectivity index (χ3n) is 3.58. The van der Waals surface area contributed by atoms with Crippen molar-refractivity contribution in [3.8, 4) is 0 Å². The van der Waals surface area contributed by atoms with Crippen molar-refractivity contribution in [2.75, 3.05) is 0 Å².